The molecule has 0 aromatic heterocycles. The Kier molecular flexibility index (Phi) is 12.3. The largest absolute Gasteiger partial charge is 0.465 e. The van der Waals surface area contributed by atoms with E-state index in [1.165, 1.54) is 25.7 Å². The minimum atomic E-state index is -1.50. The number of halogens is 3. The standard InChI is InChI=1S/C24H35F3O4/c1-4-7-8-9-10-11-12-13-14-30-22(28)24(5-2,6-3)23(29)31-17-18-15-20(26)21(27)16-19(18)25/h15-16H,4-14,17H2,1-3H3. The number of rotatable bonds is 15. The molecule has 0 fully saturated rings. The van der Waals surface area contributed by atoms with E-state index >= 15 is 0 Å². The minimum absolute atomic E-state index is 0.152. The van der Waals surface area contributed by atoms with Gasteiger partial charge in [0, 0.05) is 11.6 Å². The van der Waals surface area contributed by atoms with Crippen LogP contribution in [-0.2, 0) is 25.7 Å². The zero-order valence-corrected chi connectivity index (χ0v) is 18.9. The Morgan fingerprint density at radius 2 is 1.26 bits per heavy atom. The first-order valence-electron chi connectivity index (χ1n) is 11.3. The average molecular weight is 445 g/mol. The van der Waals surface area contributed by atoms with Crippen LogP contribution in [0.1, 0.15) is 90.5 Å². The van der Waals surface area contributed by atoms with Crippen molar-refractivity contribution in [3.05, 3.63) is 35.1 Å². The Bertz CT molecular complexity index is 702. The molecule has 1 rings (SSSR count). The topological polar surface area (TPSA) is 52.6 Å². The quantitative estimate of drug-likeness (QED) is 0.132. The molecule has 176 valence electrons. The molecular formula is C24H35F3O4. The predicted octanol–water partition coefficient (Wildman–Crippen LogP) is 6.64. The van der Waals surface area contributed by atoms with E-state index in [0.717, 1.165) is 25.7 Å². The number of hydrogen-bond donors (Lipinski definition) is 0. The summed E-state index contributed by atoms with van der Waals surface area (Å²) in [5, 5.41) is 0. The maximum absolute atomic E-state index is 13.8. The van der Waals surface area contributed by atoms with Crippen molar-refractivity contribution in [2.75, 3.05) is 6.61 Å². The molecule has 1 aromatic rings. The Morgan fingerprint density at radius 1 is 0.742 bits per heavy atom. The molecule has 0 N–H and O–H groups in total. The molecule has 0 heterocycles. The predicted molar refractivity (Wildman–Crippen MR) is 113 cm³/mol. The van der Waals surface area contributed by atoms with Crippen molar-refractivity contribution in [3.8, 4) is 0 Å². The maximum Gasteiger partial charge on any atom is 0.323 e. The molecule has 0 aliphatic heterocycles. The van der Waals surface area contributed by atoms with Gasteiger partial charge in [-0.3, -0.25) is 9.59 Å². The molecule has 0 unspecified atom stereocenters. The molecule has 0 bridgehead atoms. The van der Waals surface area contributed by atoms with Crippen molar-refractivity contribution in [3.63, 3.8) is 0 Å². The zero-order valence-electron chi connectivity index (χ0n) is 18.9. The minimum Gasteiger partial charge on any atom is -0.465 e. The summed E-state index contributed by atoms with van der Waals surface area (Å²) in [6.07, 6.45) is 9.15. The summed E-state index contributed by atoms with van der Waals surface area (Å²) in [5.41, 5.74) is -1.81. The summed E-state index contributed by atoms with van der Waals surface area (Å²) < 4.78 is 50.6. The van der Waals surface area contributed by atoms with Crippen molar-refractivity contribution in [1.29, 1.82) is 0 Å². The van der Waals surface area contributed by atoms with Crippen LogP contribution in [-0.4, -0.2) is 18.5 Å². The highest BCUT2D eigenvalue weighted by Crippen LogP contribution is 2.31. The fourth-order valence-electron chi connectivity index (χ4n) is 3.41. The summed E-state index contributed by atoms with van der Waals surface area (Å²) in [7, 11) is 0. The van der Waals surface area contributed by atoms with Gasteiger partial charge < -0.3 is 9.47 Å². The second kappa shape index (κ2) is 14.1. The molecular weight excluding hydrogens is 409 g/mol. The number of ether oxygens (including phenoxy) is 2. The maximum atomic E-state index is 13.8. The molecule has 0 radical (unpaired) electrons. The number of carbonyl (C=O) groups excluding carboxylic acids is 2. The fourth-order valence-corrected chi connectivity index (χ4v) is 3.41. The Labute approximate surface area is 183 Å². The van der Waals surface area contributed by atoms with Gasteiger partial charge in [-0.2, -0.15) is 0 Å². The summed E-state index contributed by atoms with van der Waals surface area (Å²) in [4.78, 5) is 25.3. The van der Waals surface area contributed by atoms with Crippen molar-refractivity contribution in [2.24, 2.45) is 5.41 Å². The van der Waals surface area contributed by atoms with Crippen LogP contribution in [0.3, 0.4) is 0 Å². The number of esters is 2. The van der Waals surface area contributed by atoms with Crippen LogP contribution in [0.15, 0.2) is 12.1 Å². The molecule has 0 saturated heterocycles. The summed E-state index contributed by atoms with van der Waals surface area (Å²) in [6, 6.07) is 1.03. The molecule has 0 spiro atoms. The molecule has 4 nitrogen and oxygen atoms in total. The summed E-state index contributed by atoms with van der Waals surface area (Å²) in [5.74, 6) is -5.12. The van der Waals surface area contributed by atoms with Gasteiger partial charge in [0.15, 0.2) is 17.0 Å². The second-order valence-electron chi connectivity index (χ2n) is 7.83. The van der Waals surface area contributed by atoms with Gasteiger partial charge in [-0.1, -0.05) is 65.7 Å². The van der Waals surface area contributed by atoms with Crippen LogP contribution in [0.2, 0.25) is 0 Å². The number of carbonyl (C=O) groups is 2. The summed E-state index contributed by atoms with van der Waals surface area (Å²) in [6.45, 7) is 5.13. The van der Waals surface area contributed by atoms with E-state index in [1.807, 2.05) is 0 Å². The number of benzene rings is 1. The first-order valence-corrected chi connectivity index (χ1v) is 11.3. The lowest BCUT2D eigenvalue weighted by Crippen LogP contribution is -2.41. The fraction of sp³-hybridized carbons (Fsp3) is 0.667. The lowest BCUT2D eigenvalue weighted by molar-refractivity contribution is -0.174. The average Bonchev–Trinajstić information content (AvgIpc) is 2.75. The van der Waals surface area contributed by atoms with Crippen LogP contribution >= 0.6 is 0 Å². The third kappa shape index (κ3) is 8.19. The monoisotopic (exact) mass is 444 g/mol. The van der Waals surface area contributed by atoms with Gasteiger partial charge in [-0.15, -0.1) is 0 Å². The van der Waals surface area contributed by atoms with Gasteiger partial charge in [0.2, 0.25) is 0 Å². The Morgan fingerprint density at radius 3 is 1.84 bits per heavy atom. The van der Waals surface area contributed by atoms with Crippen LogP contribution in [0.25, 0.3) is 0 Å². The number of hydrogen-bond acceptors (Lipinski definition) is 4. The SMILES string of the molecule is CCCCCCCCCCOC(=O)C(CC)(CC)C(=O)OCc1cc(F)c(F)cc1F. The van der Waals surface area contributed by atoms with Crippen LogP contribution in [0.5, 0.6) is 0 Å². The van der Waals surface area contributed by atoms with E-state index < -0.39 is 41.4 Å². The first kappa shape index (κ1) is 27.0. The van der Waals surface area contributed by atoms with Gasteiger partial charge in [0.05, 0.1) is 6.61 Å². The third-order valence-electron chi connectivity index (χ3n) is 5.67. The van der Waals surface area contributed by atoms with Crippen LogP contribution in [0, 0.1) is 22.9 Å². The van der Waals surface area contributed by atoms with E-state index in [1.54, 1.807) is 13.8 Å². The highest BCUT2D eigenvalue weighted by atomic mass is 19.2. The highest BCUT2D eigenvalue weighted by Gasteiger charge is 2.46. The van der Waals surface area contributed by atoms with Gasteiger partial charge in [-0.05, 0) is 25.3 Å². The summed E-state index contributed by atoms with van der Waals surface area (Å²) >= 11 is 0. The van der Waals surface area contributed by atoms with E-state index in [2.05, 4.69) is 6.92 Å². The van der Waals surface area contributed by atoms with E-state index in [-0.39, 0.29) is 25.0 Å². The number of unbranched alkanes of at least 4 members (excludes halogenated alkanes) is 7. The van der Waals surface area contributed by atoms with E-state index in [0.29, 0.717) is 12.1 Å². The van der Waals surface area contributed by atoms with Crippen molar-refractivity contribution in [2.45, 2.75) is 91.6 Å². The van der Waals surface area contributed by atoms with Crippen LogP contribution in [0.4, 0.5) is 13.2 Å². The molecule has 1 aromatic carbocycles. The van der Waals surface area contributed by atoms with Gasteiger partial charge >= 0.3 is 11.9 Å². The molecule has 31 heavy (non-hydrogen) atoms. The Hall–Kier alpha value is -2.05. The highest BCUT2D eigenvalue weighted by molar-refractivity contribution is 5.99. The van der Waals surface area contributed by atoms with Crippen molar-refractivity contribution < 1.29 is 32.2 Å². The van der Waals surface area contributed by atoms with Gasteiger partial charge in [0.1, 0.15) is 12.4 Å². The lowest BCUT2D eigenvalue weighted by Gasteiger charge is -2.27. The van der Waals surface area contributed by atoms with Gasteiger partial charge in [0.25, 0.3) is 0 Å². The molecule has 0 aliphatic rings. The van der Waals surface area contributed by atoms with E-state index in [4.69, 9.17) is 9.47 Å². The van der Waals surface area contributed by atoms with Gasteiger partial charge in [-0.25, -0.2) is 13.2 Å². The van der Waals surface area contributed by atoms with Crippen LogP contribution < -0.4 is 0 Å². The third-order valence-corrected chi connectivity index (χ3v) is 5.67. The van der Waals surface area contributed by atoms with Crippen molar-refractivity contribution >= 4 is 11.9 Å². The molecule has 0 saturated carbocycles. The molecule has 0 atom stereocenters. The Balaban J connectivity index is 2.54. The molecule has 0 amide bonds. The second-order valence-corrected chi connectivity index (χ2v) is 7.83. The first-order chi connectivity index (χ1) is 14.8. The van der Waals surface area contributed by atoms with Crippen molar-refractivity contribution in [1.82, 2.24) is 0 Å². The normalized spacial score (nSPS) is 11.4. The smallest absolute Gasteiger partial charge is 0.323 e. The van der Waals surface area contributed by atoms with E-state index in [9.17, 15) is 22.8 Å². The molecule has 0 aliphatic carbocycles. The lowest BCUT2D eigenvalue weighted by atomic mass is 9.82. The zero-order chi connectivity index (χ0) is 23.3. The molecule has 7 heteroatoms.